The molecular weight excluding hydrogens is 375 g/mol. The molecule has 2 aromatic rings. The molecule has 148 valence electrons. The number of nitrogens with zero attached hydrogens (tertiary/aromatic N) is 1. The zero-order valence-corrected chi connectivity index (χ0v) is 14.9. The highest BCUT2D eigenvalue weighted by Crippen LogP contribution is 2.31. The van der Waals surface area contributed by atoms with Gasteiger partial charge in [0, 0.05) is 24.7 Å². The summed E-state index contributed by atoms with van der Waals surface area (Å²) in [5, 5.41) is 0. The van der Waals surface area contributed by atoms with Crippen LogP contribution in [0.3, 0.4) is 0 Å². The molecule has 2 N–H and O–H groups in total. The number of ether oxygens (including phenoxy) is 1. The molecule has 1 unspecified atom stereocenters. The SMILES string of the molecule is COc1cccc(N2CC(C(=O)NNc3cccc(C(F)(F)F)c3)CC2=O)c1. The van der Waals surface area contributed by atoms with E-state index >= 15 is 0 Å². The van der Waals surface area contributed by atoms with Crippen molar-refractivity contribution < 1.29 is 27.5 Å². The van der Waals surface area contributed by atoms with Crippen LogP contribution in [-0.4, -0.2) is 25.5 Å². The van der Waals surface area contributed by atoms with E-state index in [0.717, 1.165) is 12.1 Å². The second kappa shape index (κ2) is 7.79. The molecule has 0 aliphatic carbocycles. The minimum atomic E-state index is -4.48. The van der Waals surface area contributed by atoms with Gasteiger partial charge in [0.25, 0.3) is 0 Å². The highest BCUT2D eigenvalue weighted by Gasteiger charge is 2.35. The number of halogens is 3. The molecule has 1 heterocycles. The lowest BCUT2D eigenvalue weighted by Crippen LogP contribution is -2.36. The Labute approximate surface area is 159 Å². The van der Waals surface area contributed by atoms with Gasteiger partial charge in [-0.1, -0.05) is 12.1 Å². The predicted octanol–water partition coefficient (Wildman–Crippen LogP) is 3.21. The van der Waals surface area contributed by atoms with Crippen molar-refractivity contribution in [3.63, 3.8) is 0 Å². The van der Waals surface area contributed by atoms with Gasteiger partial charge in [-0.3, -0.25) is 20.4 Å². The van der Waals surface area contributed by atoms with E-state index < -0.39 is 23.6 Å². The molecule has 1 saturated heterocycles. The van der Waals surface area contributed by atoms with Gasteiger partial charge in [0.2, 0.25) is 11.8 Å². The molecule has 0 radical (unpaired) electrons. The van der Waals surface area contributed by atoms with Crippen molar-refractivity contribution in [1.82, 2.24) is 5.43 Å². The Morgan fingerprint density at radius 3 is 2.64 bits per heavy atom. The Balaban J connectivity index is 1.62. The number of rotatable bonds is 5. The Hall–Kier alpha value is -3.23. The standard InChI is InChI=1S/C19H18F3N3O3/c1-28-16-7-3-6-15(10-16)25-11-12(8-17(25)26)18(27)24-23-14-5-2-4-13(9-14)19(20,21)22/h2-7,9-10,12,23H,8,11H2,1H3,(H,24,27). The molecule has 28 heavy (non-hydrogen) atoms. The number of carbonyl (C=O) groups excluding carboxylic acids is 2. The molecule has 3 rings (SSSR count). The first-order valence-corrected chi connectivity index (χ1v) is 8.45. The van der Waals surface area contributed by atoms with Crippen LogP contribution in [0.15, 0.2) is 48.5 Å². The number of hydrogen-bond acceptors (Lipinski definition) is 4. The first-order valence-electron chi connectivity index (χ1n) is 8.45. The molecule has 0 saturated carbocycles. The van der Waals surface area contributed by atoms with E-state index in [9.17, 15) is 22.8 Å². The molecule has 1 aliphatic rings. The van der Waals surface area contributed by atoms with Gasteiger partial charge in [-0.15, -0.1) is 0 Å². The zero-order valence-electron chi connectivity index (χ0n) is 14.9. The average molecular weight is 393 g/mol. The fourth-order valence-electron chi connectivity index (χ4n) is 2.92. The largest absolute Gasteiger partial charge is 0.497 e. The van der Waals surface area contributed by atoms with Gasteiger partial charge in [-0.05, 0) is 30.3 Å². The second-order valence-corrected chi connectivity index (χ2v) is 6.30. The zero-order chi connectivity index (χ0) is 20.3. The van der Waals surface area contributed by atoms with E-state index in [1.807, 2.05) is 0 Å². The molecule has 1 fully saturated rings. The summed E-state index contributed by atoms with van der Waals surface area (Å²) in [5.74, 6) is -0.731. The number of methoxy groups -OCH3 is 1. The maximum Gasteiger partial charge on any atom is 0.416 e. The Morgan fingerprint density at radius 2 is 1.93 bits per heavy atom. The van der Waals surface area contributed by atoms with Crippen LogP contribution in [0, 0.1) is 5.92 Å². The van der Waals surface area contributed by atoms with E-state index in [-0.39, 0.29) is 24.6 Å². The number of carbonyl (C=O) groups is 2. The minimum absolute atomic E-state index is 0.00726. The molecule has 6 nitrogen and oxygen atoms in total. The van der Waals surface area contributed by atoms with Crippen molar-refractivity contribution >= 4 is 23.2 Å². The molecule has 2 aromatic carbocycles. The topological polar surface area (TPSA) is 70.7 Å². The van der Waals surface area contributed by atoms with Crippen molar-refractivity contribution in [2.24, 2.45) is 5.92 Å². The van der Waals surface area contributed by atoms with Gasteiger partial charge in [0.15, 0.2) is 0 Å². The van der Waals surface area contributed by atoms with Crippen LogP contribution >= 0.6 is 0 Å². The number of alkyl halides is 3. The van der Waals surface area contributed by atoms with Crippen LogP contribution < -0.4 is 20.5 Å². The van der Waals surface area contributed by atoms with E-state index in [4.69, 9.17) is 4.74 Å². The third-order valence-corrected chi connectivity index (χ3v) is 4.38. The highest BCUT2D eigenvalue weighted by atomic mass is 19.4. The maximum absolute atomic E-state index is 12.7. The van der Waals surface area contributed by atoms with Crippen molar-refractivity contribution in [2.45, 2.75) is 12.6 Å². The normalized spacial score (nSPS) is 16.8. The van der Waals surface area contributed by atoms with Crippen LogP contribution in [0.5, 0.6) is 5.75 Å². The van der Waals surface area contributed by atoms with Crippen molar-refractivity contribution in [2.75, 3.05) is 24.0 Å². The number of anilines is 2. The second-order valence-electron chi connectivity index (χ2n) is 6.30. The Bertz CT molecular complexity index is 886. The molecule has 0 spiro atoms. The molecule has 1 aliphatic heterocycles. The van der Waals surface area contributed by atoms with Gasteiger partial charge < -0.3 is 9.64 Å². The van der Waals surface area contributed by atoms with Crippen LogP contribution in [0.1, 0.15) is 12.0 Å². The molecule has 2 amide bonds. The summed E-state index contributed by atoms with van der Waals surface area (Å²) in [7, 11) is 1.51. The number of amides is 2. The third kappa shape index (κ3) is 4.36. The lowest BCUT2D eigenvalue weighted by atomic mass is 10.1. The number of hydrogen-bond donors (Lipinski definition) is 2. The van der Waals surface area contributed by atoms with Gasteiger partial charge in [0.05, 0.1) is 24.3 Å². The highest BCUT2D eigenvalue weighted by molar-refractivity contribution is 6.00. The van der Waals surface area contributed by atoms with Gasteiger partial charge in [-0.2, -0.15) is 13.2 Å². The summed E-state index contributed by atoms with van der Waals surface area (Å²) in [6.07, 6.45) is -4.47. The smallest absolute Gasteiger partial charge is 0.416 e. The quantitative estimate of drug-likeness (QED) is 0.766. The van der Waals surface area contributed by atoms with Gasteiger partial charge >= 0.3 is 6.18 Å². The molecule has 9 heteroatoms. The van der Waals surface area contributed by atoms with Crippen molar-refractivity contribution in [1.29, 1.82) is 0 Å². The molecule has 0 aromatic heterocycles. The van der Waals surface area contributed by atoms with Crippen LogP contribution in [-0.2, 0) is 15.8 Å². The first kappa shape index (κ1) is 19.5. The number of hydrazine groups is 1. The van der Waals surface area contributed by atoms with Crippen LogP contribution in [0.2, 0.25) is 0 Å². The van der Waals surface area contributed by atoms with E-state index in [2.05, 4.69) is 10.9 Å². The van der Waals surface area contributed by atoms with Gasteiger partial charge in [-0.25, -0.2) is 0 Å². The molecule has 1 atom stereocenters. The minimum Gasteiger partial charge on any atom is -0.497 e. The fourth-order valence-corrected chi connectivity index (χ4v) is 2.92. The predicted molar refractivity (Wildman–Crippen MR) is 96.7 cm³/mol. The fraction of sp³-hybridized carbons (Fsp3) is 0.263. The lowest BCUT2D eigenvalue weighted by Gasteiger charge is -2.18. The molecular formula is C19H18F3N3O3. The van der Waals surface area contributed by atoms with Crippen molar-refractivity contribution in [3.8, 4) is 5.75 Å². The monoisotopic (exact) mass is 393 g/mol. The number of nitrogens with one attached hydrogen (secondary N) is 2. The lowest BCUT2D eigenvalue weighted by molar-refractivity contribution is -0.137. The van der Waals surface area contributed by atoms with Gasteiger partial charge in [0.1, 0.15) is 5.75 Å². The van der Waals surface area contributed by atoms with Crippen LogP contribution in [0.4, 0.5) is 24.5 Å². The summed E-state index contributed by atoms with van der Waals surface area (Å²) >= 11 is 0. The Kier molecular flexibility index (Phi) is 5.43. The maximum atomic E-state index is 12.7. The van der Waals surface area contributed by atoms with Crippen LogP contribution in [0.25, 0.3) is 0 Å². The summed E-state index contributed by atoms with van der Waals surface area (Å²) in [6, 6.07) is 11.4. The summed E-state index contributed by atoms with van der Waals surface area (Å²) in [6.45, 7) is 0.169. The number of benzene rings is 2. The summed E-state index contributed by atoms with van der Waals surface area (Å²) in [4.78, 5) is 26.1. The van der Waals surface area contributed by atoms with E-state index in [1.165, 1.54) is 24.1 Å². The van der Waals surface area contributed by atoms with Crippen molar-refractivity contribution in [3.05, 3.63) is 54.1 Å². The van der Waals surface area contributed by atoms with E-state index in [1.54, 1.807) is 24.3 Å². The average Bonchev–Trinajstić information content (AvgIpc) is 3.07. The summed E-state index contributed by atoms with van der Waals surface area (Å²) < 4.78 is 43.4. The van der Waals surface area contributed by atoms with E-state index in [0.29, 0.717) is 11.4 Å². The third-order valence-electron chi connectivity index (χ3n) is 4.38. The summed E-state index contributed by atoms with van der Waals surface area (Å²) in [5.41, 5.74) is 4.73. The molecule has 0 bridgehead atoms. The Morgan fingerprint density at radius 1 is 1.18 bits per heavy atom. The first-order chi connectivity index (χ1) is 13.3.